The summed E-state index contributed by atoms with van der Waals surface area (Å²) < 4.78 is 34.8. The highest BCUT2D eigenvalue weighted by Crippen LogP contribution is 2.38. The zero-order chi connectivity index (χ0) is 27.0. The molecule has 1 atom stereocenters. The van der Waals surface area contributed by atoms with Gasteiger partial charge in [-0.1, -0.05) is 46.1 Å². The molecule has 0 spiro atoms. The Morgan fingerprint density at radius 1 is 0.703 bits per heavy atom. The highest BCUT2D eigenvalue weighted by molar-refractivity contribution is 6.04. The maximum absolute atomic E-state index is 14.2. The minimum absolute atomic E-state index is 0.189. The van der Waals surface area contributed by atoms with Crippen LogP contribution < -0.4 is 18.9 Å². The van der Waals surface area contributed by atoms with Gasteiger partial charge in [-0.2, -0.15) is 0 Å². The summed E-state index contributed by atoms with van der Waals surface area (Å²) in [5.41, 5.74) is 1.11. The molecule has 0 saturated carbocycles. The van der Waals surface area contributed by atoms with Crippen LogP contribution in [0.4, 0.5) is 0 Å². The maximum atomic E-state index is 14.2. The molecule has 0 aliphatic heterocycles. The lowest BCUT2D eigenvalue weighted by Gasteiger charge is -2.27. The number of hydrogen-bond acceptors (Lipinski definition) is 7. The Morgan fingerprint density at radius 3 is 1.81 bits per heavy atom. The number of methoxy groups -OCH3 is 3. The van der Waals surface area contributed by atoms with Crippen molar-refractivity contribution in [2.24, 2.45) is 0 Å². The summed E-state index contributed by atoms with van der Waals surface area (Å²) in [7, 11) is 4.66. The predicted octanol–water partition coefficient (Wildman–Crippen LogP) is 6.82. The van der Waals surface area contributed by atoms with E-state index in [0.29, 0.717) is 53.9 Å². The fourth-order valence-corrected chi connectivity index (χ4v) is 3.87. The number of rotatable bonds is 19. The quantitative estimate of drug-likeness (QED) is 0.115. The molecule has 0 N–H and O–H groups in total. The Hall–Kier alpha value is -2.77. The second kappa shape index (κ2) is 16.9. The summed E-state index contributed by atoms with van der Waals surface area (Å²) in [5, 5.41) is 0. The lowest BCUT2D eigenvalue weighted by molar-refractivity contribution is -0.110. The molecule has 0 bridgehead atoms. The van der Waals surface area contributed by atoms with Crippen LogP contribution in [0.1, 0.15) is 81.1 Å². The van der Waals surface area contributed by atoms with Crippen LogP contribution in [-0.2, 0) is 9.47 Å². The summed E-state index contributed by atoms with van der Waals surface area (Å²) in [6, 6.07) is 10.8. The van der Waals surface area contributed by atoms with E-state index in [-0.39, 0.29) is 5.78 Å². The van der Waals surface area contributed by atoms with Crippen LogP contribution >= 0.6 is 0 Å². The van der Waals surface area contributed by atoms with E-state index in [1.54, 1.807) is 25.3 Å². The average Bonchev–Trinajstić information content (AvgIpc) is 2.92. The lowest BCUT2D eigenvalue weighted by atomic mass is 9.88. The first-order chi connectivity index (χ1) is 18.0. The van der Waals surface area contributed by atoms with Crippen molar-refractivity contribution in [3.05, 3.63) is 47.5 Å². The predicted molar refractivity (Wildman–Crippen MR) is 146 cm³/mol. The minimum Gasteiger partial charge on any atom is -0.497 e. The number of hydrogen-bond donors (Lipinski definition) is 0. The molecule has 0 radical (unpaired) electrons. The Balaban J connectivity index is 2.54. The number of ether oxygens (including phenoxy) is 6. The second-order valence-electron chi connectivity index (χ2n) is 8.85. The van der Waals surface area contributed by atoms with Gasteiger partial charge in [-0.05, 0) is 37.5 Å². The molecule has 2 aromatic carbocycles. The van der Waals surface area contributed by atoms with Gasteiger partial charge < -0.3 is 28.4 Å². The summed E-state index contributed by atoms with van der Waals surface area (Å²) in [6.45, 7) is 7.96. The molecule has 0 saturated heterocycles. The second-order valence-corrected chi connectivity index (χ2v) is 8.85. The van der Waals surface area contributed by atoms with Gasteiger partial charge in [-0.25, -0.2) is 0 Å². The zero-order valence-electron chi connectivity index (χ0n) is 23.3. The van der Waals surface area contributed by atoms with Crippen LogP contribution in [0.3, 0.4) is 0 Å². The standard InChI is InChI=1S/C30H44O7/c1-7-10-17-35-23-14-16-25(27(21-23)37-19-12-9-3)29(31)28(30(33-5)34-6)24-15-13-22(32-4)20-26(24)36-18-11-8-2/h13-16,20-21,28,30H,7-12,17-19H2,1-6H3. The fourth-order valence-electron chi connectivity index (χ4n) is 3.87. The first-order valence-corrected chi connectivity index (χ1v) is 13.3. The van der Waals surface area contributed by atoms with Gasteiger partial charge in [-0.3, -0.25) is 4.79 Å². The number of carbonyl (C=O) groups is 1. The van der Waals surface area contributed by atoms with Crippen molar-refractivity contribution < 1.29 is 33.2 Å². The molecule has 2 aromatic rings. The van der Waals surface area contributed by atoms with Gasteiger partial charge in [-0.15, -0.1) is 0 Å². The minimum atomic E-state index is -0.835. The monoisotopic (exact) mass is 516 g/mol. The van der Waals surface area contributed by atoms with Crippen molar-refractivity contribution in [2.75, 3.05) is 41.2 Å². The van der Waals surface area contributed by atoms with E-state index < -0.39 is 12.2 Å². The number of unbranched alkanes of at least 4 members (excludes halogenated alkanes) is 3. The van der Waals surface area contributed by atoms with Gasteiger partial charge in [0.05, 0.1) is 32.5 Å². The van der Waals surface area contributed by atoms with Crippen molar-refractivity contribution in [1.29, 1.82) is 0 Å². The van der Waals surface area contributed by atoms with Gasteiger partial charge in [0, 0.05) is 31.9 Å². The molecule has 37 heavy (non-hydrogen) atoms. The fraction of sp³-hybridized carbons (Fsp3) is 0.567. The molecule has 0 amide bonds. The molecule has 1 unspecified atom stereocenters. The third kappa shape index (κ3) is 8.93. The number of ketones is 1. The van der Waals surface area contributed by atoms with Crippen molar-refractivity contribution >= 4 is 5.78 Å². The molecule has 0 aromatic heterocycles. The molecule has 206 valence electrons. The van der Waals surface area contributed by atoms with Crippen LogP contribution in [0.15, 0.2) is 36.4 Å². The van der Waals surface area contributed by atoms with E-state index in [4.69, 9.17) is 28.4 Å². The van der Waals surface area contributed by atoms with Crippen LogP contribution in [0.2, 0.25) is 0 Å². The highest BCUT2D eigenvalue weighted by Gasteiger charge is 2.35. The summed E-state index contributed by atoms with van der Waals surface area (Å²) >= 11 is 0. The normalized spacial score (nSPS) is 11.9. The third-order valence-corrected chi connectivity index (χ3v) is 6.07. The number of benzene rings is 2. The molecule has 2 rings (SSSR count). The van der Waals surface area contributed by atoms with Crippen LogP contribution in [0, 0.1) is 0 Å². The zero-order valence-corrected chi connectivity index (χ0v) is 23.3. The number of carbonyl (C=O) groups excluding carboxylic acids is 1. The van der Waals surface area contributed by atoms with E-state index in [9.17, 15) is 4.79 Å². The Labute approximate surface area is 222 Å². The Kier molecular flexibility index (Phi) is 13.9. The Bertz CT molecular complexity index is 940. The van der Waals surface area contributed by atoms with Crippen LogP contribution in [0.5, 0.6) is 23.0 Å². The van der Waals surface area contributed by atoms with Crippen molar-refractivity contribution in [3.8, 4) is 23.0 Å². The van der Waals surface area contributed by atoms with Crippen LogP contribution in [-0.4, -0.2) is 53.2 Å². The molecular weight excluding hydrogens is 472 g/mol. The highest BCUT2D eigenvalue weighted by atomic mass is 16.7. The van der Waals surface area contributed by atoms with Crippen molar-refractivity contribution in [1.82, 2.24) is 0 Å². The number of Topliss-reactive ketones (excluding diaryl/α,β-unsaturated/α-hetero) is 1. The van der Waals surface area contributed by atoms with E-state index in [1.807, 2.05) is 18.2 Å². The van der Waals surface area contributed by atoms with Crippen molar-refractivity contribution in [2.45, 2.75) is 71.5 Å². The first-order valence-electron chi connectivity index (χ1n) is 13.3. The average molecular weight is 517 g/mol. The van der Waals surface area contributed by atoms with Gasteiger partial charge in [0.25, 0.3) is 0 Å². The molecule has 7 heteroatoms. The third-order valence-electron chi connectivity index (χ3n) is 6.07. The van der Waals surface area contributed by atoms with Gasteiger partial charge >= 0.3 is 0 Å². The Morgan fingerprint density at radius 2 is 1.24 bits per heavy atom. The SMILES string of the molecule is CCCCOc1ccc(C(=O)C(c2ccc(OC)cc2OCCCC)C(OC)OC)c(OCCCC)c1. The smallest absolute Gasteiger partial charge is 0.179 e. The molecular formula is C30H44O7. The van der Waals surface area contributed by atoms with Crippen LogP contribution in [0.25, 0.3) is 0 Å². The van der Waals surface area contributed by atoms with E-state index in [2.05, 4.69) is 20.8 Å². The largest absolute Gasteiger partial charge is 0.497 e. The summed E-state index contributed by atoms with van der Waals surface area (Å²) in [4.78, 5) is 14.2. The van der Waals surface area contributed by atoms with Gasteiger partial charge in [0.15, 0.2) is 12.1 Å². The van der Waals surface area contributed by atoms with Crippen molar-refractivity contribution in [3.63, 3.8) is 0 Å². The molecule has 0 aliphatic rings. The maximum Gasteiger partial charge on any atom is 0.179 e. The van der Waals surface area contributed by atoms with E-state index in [1.165, 1.54) is 14.2 Å². The first kappa shape index (κ1) is 30.5. The topological polar surface area (TPSA) is 72.5 Å². The van der Waals surface area contributed by atoms with Gasteiger partial charge in [0.2, 0.25) is 0 Å². The summed E-state index contributed by atoms with van der Waals surface area (Å²) in [5.74, 6) is 1.40. The lowest BCUT2D eigenvalue weighted by Crippen LogP contribution is -2.30. The molecule has 0 aliphatic carbocycles. The molecule has 0 heterocycles. The van der Waals surface area contributed by atoms with E-state index in [0.717, 1.165) is 38.5 Å². The van der Waals surface area contributed by atoms with Gasteiger partial charge in [0.1, 0.15) is 28.9 Å². The molecule has 0 fully saturated rings. The summed E-state index contributed by atoms with van der Waals surface area (Å²) in [6.07, 6.45) is 4.91. The molecule has 7 nitrogen and oxygen atoms in total. The van der Waals surface area contributed by atoms with E-state index >= 15 is 0 Å².